The second-order valence-electron chi connectivity index (χ2n) is 7.34. The van der Waals surface area contributed by atoms with E-state index in [1.54, 1.807) is 37.3 Å². The molecule has 0 unspecified atom stereocenters. The van der Waals surface area contributed by atoms with Gasteiger partial charge in [-0.1, -0.05) is 42.5 Å². The smallest absolute Gasteiger partial charge is 0.344 e. The Morgan fingerprint density at radius 3 is 2.58 bits per heavy atom. The van der Waals surface area contributed by atoms with Crippen LogP contribution in [-0.2, 0) is 19.1 Å². The van der Waals surface area contributed by atoms with Gasteiger partial charge in [0.25, 0.3) is 5.91 Å². The number of para-hydroxylation sites is 2. The van der Waals surface area contributed by atoms with E-state index in [1.807, 2.05) is 36.4 Å². The molecule has 0 aromatic heterocycles. The van der Waals surface area contributed by atoms with Crippen LogP contribution < -0.4 is 15.0 Å². The molecule has 0 fully saturated rings. The summed E-state index contributed by atoms with van der Waals surface area (Å²) in [7, 11) is 0. The maximum absolute atomic E-state index is 12.8. The van der Waals surface area contributed by atoms with Gasteiger partial charge in [0.2, 0.25) is 5.91 Å². The first-order chi connectivity index (χ1) is 15.0. The molecular weight excluding hydrogens is 396 g/mol. The fourth-order valence-electron chi connectivity index (χ4n) is 3.62. The summed E-state index contributed by atoms with van der Waals surface area (Å²) in [5.74, 6) is -0.681. The van der Waals surface area contributed by atoms with E-state index in [9.17, 15) is 14.4 Å². The molecule has 1 aliphatic rings. The van der Waals surface area contributed by atoms with Gasteiger partial charge < -0.3 is 19.7 Å². The maximum atomic E-state index is 12.8. The number of carbonyl (C=O) groups is 3. The molecule has 1 atom stereocenters. The van der Waals surface area contributed by atoms with Crippen LogP contribution in [0.15, 0.2) is 66.7 Å². The Morgan fingerprint density at radius 1 is 1.00 bits per heavy atom. The summed E-state index contributed by atoms with van der Waals surface area (Å²) in [6.07, 6.45) is 0.152. The van der Waals surface area contributed by atoms with Gasteiger partial charge in [0, 0.05) is 12.5 Å². The van der Waals surface area contributed by atoms with Gasteiger partial charge in [0.1, 0.15) is 5.75 Å². The number of benzene rings is 3. The topological polar surface area (TPSA) is 84.9 Å². The largest absolute Gasteiger partial charge is 0.482 e. The number of carbonyl (C=O) groups excluding carboxylic acids is 3. The summed E-state index contributed by atoms with van der Waals surface area (Å²) in [5.41, 5.74) is 1.13. The number of fused-ring (bicyclic) bond motifs is 2. The molecule has 0 saturated carbocycles. The molecule has 3 aromatic carbocycles. The minimum absolute atomic E-state index is 0.152. The molecule has 0 radical (unpaired) electrons. The Hall–Kier alpha value is -3.87. The summed E-state index contributed by atoms with van der Waals surface area (Å²) in [6, 6.07) is 20.0. The van der Waals surface area contributed by atoms with Crippen LogP contribution in [0.3, 0.4) is 0 Å². The summed E-state index contributed by atoms with van der Waals surface area (Å²) >= 11 is 0. The number of anilines is 2. The molecular formula is C24H22N2O5. The number of rotatable bonds is 5. The summed E-state index contributed by atoms with van der Waals surface area (Å²) < 4.78 is 10.6. The van der Waals surface area contributed by atoms with Crippen molar-refractivity contribution in [2.45, 2.75) is 19.4 Å². The lowest BCUT2D eigenvalue weighted by Crippen LogP contribution is -2.41. The van der Waals surface area contributed by atoms with Gasteiger partial charge in [0.05, 0.1) is 11.4 Å². The summed E-state index contributed by atoms with van der Waals surface area (Å²) in [4.78, 5) is 38.5. The van der Waals surface area contributed by atoms with Gasteiger partial charge in [0.15, 0.2) is 13.2 Å². The van der Waals surface area contributed by atoms with E-state index in [4.69, 9.17) is 9.47 Å². The lowest BCUT2D eigenvalue weighted by Gasteiger charge is -2.27. The van der Waals surface area contributed by atoms with Gasteiger partial charge in [-0.15, -0.1) is 0 Å². The summed E-state index contributed by atoms with van der Waals surface area (Å²) in [6.45, 7) is 1.04. The third-order valence-electron chi connectivity index (χ3n) is 5.06. The fraction of sp³-hybridized carbons (Fsp3) is 0.208. The first-order valence-electron chi connectivity index (χ1n) is 9.99. The lowest BCUT2D eigenvalue weighted by atomic mass is 10.1. The zero-order valence-electron chi connectivity index (χ0n) is 17.0. The number of hydrogen-bond acceptors (Lipinski definition) is 5. The first-order valence-corrected chi connectivity index (χ1v) is 9.99. The van der Waals surface area contributed by atoms with Crippen LogP contribution in [0.2, 0.25) is 0 Å². The van der Waals surface area contributed by atoms with E-state index in [2.05, 4.69) is 5.32 Å². The molecule has 158 valence electrons. The SMILES string of the molecule is C[C@@H]1CC(=O)Nc2ccccc2N1C(=O)COC(=O)COc1ccc2ccccc2c1. The molecule has 1 aliphatic heterocycles. The van der Waals surface area contributed by atoms with Crippen molar-refractivity contribution in [1.82, 2.24) is 0 Å². The van der Waals surface area contributed by atoms with Gasteiger partial charge in [-0.25, -0.2) is 4.79 Å². The first kappa shape index (κ1) is 20.4. The van der Waals surface area contributed by atoms with Crippen LogP contribution in [0.5, 0.6) is 5.75 Å². The Kier molecular flexibility index (Phi) is 5.84. The Bertz CT molecular complexity index is 1140. The minimum atomic E-state index is -0.647. The monoisotopic (exact) mass is 418 g/mol. The molecule has 4 rings (SSSR count). The zero-order valence-corrected chi connectivity index (χ0v) is 17.0. The van der Waals surface area contributed by atoms with Crippen molar-refractivity contribution in [3.05, 3.63) is 66.7 Å². The molecule has 0 spiro atoms. The van der Waals surface area contributed by atoms with E-state index in [0.29, 0.717) is 17.1 Å². The molecule has 1 N–H and O–H groups in total. The van der Waals surface area contributed by atoms with E-state index >= 15 is 0 Å². The normalized spacial score (nSPS) is 15.6. The quantitative estimate of drug-likeness (QED) is 0.641. The van der Waals surface area contributed by atoms with Crippen LogP contribution in [-0.4, -0.2) is 37.0 Å². The zero-order chi connectivity index (χ0) is 21.8. The second-order valence-corrected chi connectivity index (χ2v) is 7.34. The van der Waals surface area contributed by atoms with E-state index in [-0.39, 0.29) is 25.0 Å². The highest BCUT2D eigenvalue weighted by Crippen LogP contribution is 2.31. The van der Waals surface area contributed by atoms with Crippen LogP contribution in [0.1, 0.15) is 13.3 Å². The van der Waals surface area contributed by atoms with Crippen LogP contribution in [0, 0.1) is 0 Å². The Labute approximate surface area is 179 Å². The standard InChI is InChI=1S/C24H22N2O5/c1-16-12-22(27)25-20-8-4-5-9-21(20)26(16)23(28)14-31-24(29)15-30-19-11-10-17-6-2-3-7-18(17)13-19/h2-11,13,16H,12,14-15H2,1H3,(H,25,27)/t16-/m1/s1. The average Bonchev–Trinajstić information content (AvgIpc) is 2.90. The highest BCUT2D eigenvalue weighted by molar-refractivity contribution is 6.05. The third kappa shape index (κ3) is 4.66. The average molecular weight is 418 g/mol. The fourth-order valence-corrected chi connectivity index (χ4v) is 3.62. The predicted molar refractivity (Wildman–Crippen MR) is 117 cm³/mol. The summed E-state index contributed by atoms with van der Waals surface area (Å²) in [5, 5.41) is 4.87. The van der Waals surface area contributed by atoms with Gasteiger partial charge in [-0.2, -0.15) is 0 Å². The van der Waals surface area contributed by atoms with Crippen LogP contribution in [0.25, 0.3) is 10.8 Å². The Balaban J connectivity index is 1.36. The number of nitrogens with zero attached hydrogens (tertiary/aromatic N) is 1. The minimum Gasteiger partial charge on any atom is -0.482 e. The van der Waals surface area contributed by atoms with Crippen molar-refractivity contribution in [2.75, 3.05) is 23.4 Å². The maximum Gasteiger partial charge on any atom is 0.344 e. The van der Waals surface area contributed by atoms with Crippen molar-refractivity contribution in [2.24, 2.45) is 0 Å². The van der Waals surface area contributed by atoms with Crippen molar-refractivity contribution >= 4 is 39.9 Å². The molecule has 2 amide bonds. The number of esters is 1. The van der Waals surface area contributed by atoms with Crippen LogP contribution >= 0.6 is 0 Å². The molecule has 0 aliphatic carbocycles. The second kappa shape index (κ2) is 8.87. The number of amides is 2. The molecule has 7 heteroatoms. The van der Waals surface area contributed by atoms with Gasteiger partial charge >= 0.3 is 5.97 Å². The molecule has 1 heterocycles. The lowest BCUT2D eigenvalue weighted by molar-refractivity contribution is -0.149. The highest BCUT2D eigenvalue weighted by atomic mass is 16.6. The van der Waals surface area contributed by atoms with Crippen molar-refractivity contribution in [1.29, 1.82) is 0 Å². The van der Waals surface area contributed by atoms with Gasteiger partial charge in [-0.05, 0) is 42.0 Å². The predicted octanol–water partition coefficient (Wildman–Crippen LogP) is 3.53. The number of hydrogen-bond donors (Lipinski definition) is 1. The van der Waals surface area contributed by atoms with Crippen molar-refractivity contribution < 1.29 is 23.9 Å². The van der Waals surface area contributed by atoms with E-state index < -0.39 is 18.5 Å². The third-order valence-corrected chi connectivity index (χ3v) is 5.06. The van der Waals surface area contributed by atoms with Crippen molar-refractivity contribution in [3.8, 4) is 5.75 Å². The molecule has 31 heavy (non-hydrogen) atoms. The molecule has 7 nitrogen and oxygen atoms in total. The van der Waals surface area contributed by atoms with Crippen molar-refractivity contribution in [3.63, 3.8) is 0 Å². The highest BCUT2D eigenvalue weighted by Gasteiger charge is 2.30. The van der Waals surface area contributed by atoms with E-state index in [0.717, 1.165) is 10.8 Å². The number of ether oxygens (including phenoxy) is 2. The molecule has 0 saturated heterocycles. The van der Waals surface area contributed by atoms with Crippen LogP contribution in [0.4, 0.5) is 11.4 Å². The van der Waals surface area contributed by atoms with Gasteiger partial charge in [-0.3, -0.25) is 9.59 Å². The molecule has 3 aromatic rings. The molecule has 0 bridgehead atoms. The van der Waals surface area contributed by atoms with E-state index in [1.165, 1.54) is 4.90 Å². The number of nitrogens with one attached hydrogen (secondary N) is 1. The Morgan fingerprint density at radius 2 is 1.74 bits per heavy atom.